The van der Waals surface area contributed by atoms with Crippen LogP contribution in [0, 0.1) is 0 Å². The Bertz CT molecular complexity index is 727. The molecule has 0 N–H and O–H groups in total. The number of halogens is 1. The van der Waals surface area contributed by atoms with Gasteiger partial charge < -0.3 is 4.90 Å². The van der Waals surface area contributed by atoms with E-state index in [1.165, 1.54) is 18.3 Å². The van der Waals surface area contributed by atoms with E-state index in [0.29, 0.717) is 5.03 Å². The molecule has 124 valence electrons. The van der Waals surface area contributed by atoms with Crippen molar-refractivity contribution in [1.29, 1.82) is 0 Å². The second-order valence-corrected chi connectivity index (χ2v) is 7.61. The molecule has 1 fully saturated rings. The van der Waals surface area contributed by atoms with Gasteiger partial charge >= 0.3 is 0 Å². The summed E-state index contributed by atoms with van der Waals surface area (Å²) < 4.78 is 28.0. The summed E-state index contributed by atoms with van der Waals surface area (Å²) >= 11 is 6.39. The Morgan fingerprint density at radius 1 is 1.17 bits per heavy atom. The van der Waals surface area contributed by atoms with Crippen molar-refractivity contribution in [2.24, 2.45) is 4.40 Å². The first-order chi connectivity index (χ1) is 10.9. The minimum atomic E-state index is -3.68. The van der Waals surface area contributed by atoms with Crippen molar-refractivity contribution in [2.75, 3.05) is 13.1 Å². The molecule has 2 rings (SSSR count). The molecule has 0 radical (unpaired) electrons. The van der Waals surface area contributed by atoms with Crippen molar-refractivity contribution in [3.8, 4) is 0 Å². The molecule has 1 aliphatic rings. The molecule has 1 aliphatic heterocycles. The number of hydrogen-bond acceptors (Lipinski definition) is 3. The summed E-state index contributed by atoms with van der Waals surface area (Å²) in [6, 6.07) is 8.17. The highest BCUT2D eigenvalue weighted by atomic mass is 35.5. The predicted molar refractivity (Wildman–Crippen MR) is 95.2 cm³/mol. The summed E-state index contributed by atoms with van der Waals surface area (Å²) in [4.78, 5) is 2.34. The Kier molecular flexibility index (Phi) is 6.02. The molecule has 0 spiro atoms. The van der Waals surface area contributed by atoms with Crippen LogP contribution in [0.25, 0.3) is 0 Å². The zero-order valence-electron chi connectivity index (χ0n) is 13.4. The molecular formula is C17H21ClN2O2S. The molecule has 0 aliphatic carbocycles. The lowest BCUT2D eigenvalue weighted by atomic mass is 10.2. The van der Waals surface area contributed by atoms with E-state index >= 15 is 0 Å². The highest BCUT2D eigenvalue weighted by molar-refractivity contribution is 7.90. The zero-order chi connectivity index (χ0) is 16.9. The van der Waals surface area contributed by atoms with Crippen LogP contribution in [0.1, 0.15) is 26.7 Å². The van der Waals surface area contributed by atoms with E-state index in [1.54, 1.807) is 24.3 Å². The number of rotatable bonds is 5. The molecule has 1 heterocycles. The van der Waals surface area contributed by atoms with Crippen LogP contribution in [-0.4, -0.2) is 32.6 Å². The maximum Gasteiger partial charge on any atom is 0.282 e. The van der Waals surface area contributed by atoms with E-state index in [2.05, 4.69) is 9.30 Å². The van der Waals surface area contributed by atoms with E-state index in [-0.39, 0.29) is 4.90 Å². The van der Waals surface area contributed by atoms with E-state index in [9.17, 15) is 8.42 Å². The Hall–Kier alpha value is -1.59. The van der Waals surface area contributed by atoms with E-state index in [4.69, 9.17) is 11.6 Å². The SMILES string of the molecule is CC(C)=C(Cl)/C(=C\C=N\S(=O)(=O)c1ccccc1)N1CCCC1. The Morgan fingerprint density at radius 3 is 2.35 bits per heavy atom. The molecule has 1 saturated heterocycles. The van der Waals surface area contributed by atoms with Gasteiger partial charge in [0.1, 0.15) is 0 Å². The first kappa shape index (κ1) is 17.8. The van der Waals surface area contributed by atoms with Crippen LogP contribution in [-0.2, 0) is 10.0 Å². The van der Waals surface area contributed by atoms with Crippen LogP contribution < -0.4 is 0 Å². The fourth-order valence-electron chi connectivity index (χ4n) is 2.37. The fourth-order valence-corrected chi connectivity index (χ4v) is 3.39. The number of allylic oxidation sites excluding steroid dienone is 3. The summed E-state index contributed by atoms with van der Waals surface area (Å²) in [6.07, 6.45) is 5.23. The van der Waals surface area contributed by atoms with Crippen molar-refractivity contribution < 1.29 is 8.42 Å². The second kappa shape index (κ2) is 7.79. The van der Waals surface area contributed by atoms with Gasteiger partial charge in [-0.3, -0.25) is 0 Å². The van der Waals surface area contributed by atoms with Gasteiger partial charge in [-0.25, -0.2) is 0 Å². The van der Waals surface area contributed by atoms with Crippen molar-refractivity contribution in [1.82, 2.24) is 4.90 Å². The molecule has 1 aromatic carbocycles. The van der Waals surface area contributed by atoms with E-state index < -0.39 is 10.0 Å². The highest BCUT2D eigenvalue weighted by Crippen LogP contribution is 2.26. The van der Waals surface area contributed by atoms with Crippen molar-refractivity contribution in [3.63, 3.8) is 0 Å². The molecule has 0 aromatic heterocycles. The van der Waals surface area contributed by atoms with Crippen molar-refractivity contribution in [3.05, 3.63) is 52.7 Å². The second-order valence-electron chi connectivity index (χ2n) is 5.60. The molecule has 0 amide bonds. The average molecular weight is 353 g/mol. The highest BCUT2D eigenvalue weighted by Gasteiger charge is 2.17. The van der Waals surface area contributed by atoms with Gasteiger partial charge in [0.05, 0.1) is 15.6 Å². The molecule has 1 aromatic rings. The number of benzene rings is 1. The zero-order valence-corrected chi connectivity index (χ0v) is 14.9. The predicted octanol–water partition coefficient (Wildman–Crippen LogP) is 3.96. The molecule has 0 bridgehead atoms. The van der Waals surface area contributed by atoms with Crippen LogP contribution in [0.4, 0.5) is 0 Å². The third-order valence-electron chi connectivity index (χ3n) is 3.58. The summed E-state index contributed by atoms with van der Waals surface area (Å²) in [5.74, 6) is 0. The summed E-state index contributed by atoms with van der Waals surface area (Å²) in [5, 5.41) is 0.649. The van der Waals surface area contributed by atoms with Gasteiger partial charge in [-0.15, -0.1) is 0 Å². The first-order valence-electron chi connectivity index (χ1n) is 7.56. The van der Waals surface area contributed by atoms with E-state index in [0.717, 1.165) is 37.2 Å². The van der Waals surface area contributed by atoms with Crippen molar-refractivity contribution in [2.45, 2.75) is 31.6 Å². The van der Waals surface area contributed by atoms with Gasteiger partial charge in [-0.1, -0.05) is 35.4 Å². The van der Waals surface area contributed by atoms with Gasteiger partial charge in [0.2, 0.25) is 0 Å². The number of sulfonamides is 1. The standard InChI is InChI=1S/C17H21ClN2O2S/c1-14(2)17(18)16(20-12-6-7-13-20)10-11-19-23(21,22)15-8-4-3-5-9-15/h3-5,8-11H,6-7,12-13H2,1-2H3/b16-10+,19-11+. The number of hydrogen-bond donors (Lipinski definition) is 0. The quantitative estimate of drug-likeness (QED) is 0.595. The minimum Gasteiger partial charge on any atom is -0.370 e. The average Bonchev–Trinajstić information content (AvgIpc) is 3.06. The molecule has 4 nitrogen and oxygen atoms in total. The Morgan fingerprint density at radius 2 is 1.78 bits per heavy atom. The molecule has 23 heavy (non-hydrogen) atoms. The van der Waals surface area contributed by atoms with Gasteiger partial charge in [-0.2, -0.15) is 12.8 Å². The fraction of sp³-hybridized carbons (Fsp3) is 0.353. The minimum absolute atomic E-state index is 0.181. The van der Waals surface area contributed by atoms with Crippen LogP contribution in [0.5, 0.6) is 0 Å². The Balaban J connectivity index is 2.28. The van der Waals surface area contributed by atoms with Crippen molar-refractivity contribution >= 4 is 27.8 Å². The number of likely N-dealkylation sites (tertiary alicyclic amines) is 1. The summed E-state index contributed by atoms with van der Waals surface area (Å²) in [5.41, 5.74) is 1.82. The molecule has 0 unspecified atom stereocenters. The lowest BCUT2D eigenvalue weighted by molar-refractivity contribution is 0.438. The summed E-state index contributed by atoms with van der Waals surface area (Å²) in [7, 11) is -3.68. The van der Waals surface area contributed by atoms with Crippen LogP contribution in [0.2, 0.25) is 0 Å². The largest absolute Gasteiger partial charge is 0.370 e. The monoisotopic (exact) mass is 352 g/mol. The molecule has 0 atom stereocenters. The maximum absolute atomic E-state index is 12.2. The first-order valence-corrected chi connectivity index (χ1v) is 9.37. The summed E-state index contributed by atoms with van der Waals surface area (Å²) in [6.45, 7) is 5.72. The lowest BCUT2D eigenvalue weighted by Gasteiger charge is -2.21. The maximum atomic E-state index is 12.2. The van der Waals surface area contributed by atoms with Gasteiger partial charge in [0, 0.05) is 19.3 Å². The molecule has 0 saturated carbocycles. The van der Waals surface area contributed by atoms with Crippen LogP contribution in [0.3, 0.4) is 0 Å². The smallest absolute Gasteiger partial charge is 0.282 e. The van der Waals surface area contributed by atoms with Crippen LogP contribution >= 0.6 is 11.6 Å². The Labute approximate surface area is 143 Å². The third kappa shape index (κ3) is 4.69. The molecule has 6 heteroatoms. The molecular weight excluding hydrogens is 332 g/mol. The van der Waals surface area contributed by atoms with Gasteiger partial charge in [-0.05, 0) is 44.9 Å². The van der Waals surface area contributed by atoms with Gasteiger partial charge in [0.15, 0.2) is 0 Å². The lowest BCUT2D eigenvalue weighted by Crippen LogP contribution is -2.19. The van der Waals surface area contributed by atoms with Crippen LogP contribution in [0.15, 0.2) is 62.0 Å². The van der Waals surface area contributed by atoms with E-state index in [1.807, 2.05) is 13.8 Å². The third-order valence-corrected chi connectivity index (χ3v) is 5.42. The van der Waals surface area contributed by atoms with Gasteiger partial charge in [0.25, 0.3) is 10.0 Å². The number of nitrogens with zero attached hydrogens (tertiary/aromatic N) is 2. The normalized spacial score (nSPS) is 16.1. The topological polar surface area (TPSA) is 49.7 Å².